The van der Waals surface area contributed by atoms with Crippen molar-refractivity contribution in [3.8, 4) is 0 Å². The van der Waals surface area contributed by atoms with Gasteiger partial charge in [-0.3, -0.25) is 4.79 Å². The number of amides is 1. The number of carbonyl (C=O) groups is 1. The Balaban J connectivity index is 1.88. The van der Waals surface area contributed by atoms with E-state index < -0.39 is 0 Å². The van der Waals surface area contributed by atoms with Crippen LogP contribution in [0.25, 0.3) is 5.57 Å². The number of rotatable bonds is 3. The number of anilines is 1. The zero-order valence-corrected chi connectivity index (χ0v) is 14.9. The molecule has 0 saturated carbocycles. The number of halogens is 2. The van der Waals surface area contributed by atoms with Crippen LogP contribution in [0.2, 0.25) is 5.02 Å². The standard InChI is InChI=1S/C19H18Cl2N2O/c1-12-14(10-20)4-2-3-13-5-7-16(9-17(12)13)23-19(24)18-8-6-15(21)11-22-18/h5-9,11H,2-4,10H2,1H3,(H,23,24). The van der Waals surface area contributed by atoms with Crippen LogP contribution in [0, 0.1) is 0 Å². The van der Waals surface area contributed by atoms with Crippen molar-refractivity contribution >= 4 is 40.4 Å². The van der Waals surface area contributed by atoms with Crippen molar-refractivity contribution in [2.24, 2.45) is 0 Å². The van der Waals surface area contributed by atoms with Crippen LogP contribution in [0.3, 0.4) is 0 Å². The molecule has 0 bridgehead atoms. The van der Waals surface area contributed by atoms with E-state index in [0.29, 0.717) is 16.6 Å². The van der Waals surface area contributed by atoms with Gasteiger partial charge in [-0.15, -0.1) is 11.6 Å². The molecule has 1 aliphatic carbocycles. The van der Waals surface area contributed by atoms with Gasteiger partial charge in [0.1, 0.15) is 5.69 Å². The van der Waals surface area contributed by atoms with Crippen molar-refractivity contribution in [2.45, 2.75) is 26.2 Å². The van der Waals surface area contributed by atoms with E-state index in [4.69, 9.17) is 23.2 Å². The van der Waals surface area contributed by atoms with Gasteiger partial charge in [0, 0.05) is 17.8 Å². The second-order valence-corrected chi connectivity index (χ2v) is 6.61. The molecule has 124 valence electrons. The van der Waals surface area contributed by atoms with Gasteiger partial charge >= 0.3 is 0 Å². The quantitative estimate of drug-likeness (QED) is 0.750. The molecular weight excluding hydrogens is 343 g/mol. The number of hydrogen-bond acceptors (Lipinski definition) is 2. The number of benzene rings is 1. The lowest BCUT2D eigenvalue weighted by Gasteiger charge is -2.12. The predicted octanol–water partition coefficient (Wildman–Crippen LogP) is 5.34. The summed E-state index contributed by atoms with van der Waals surface area (Å²) in [6.45, 7) is 2.11. The summed E-state index contributed by atoms with van der Waals surface area (Å²) >= 11 is 11.9. The number of nitrogens with zero attached hydrogens (tertiary/aromatic N) is 1. The van der Waals surface area contributed by atoms with Crippen LogP contribution < -0.4 is 5.32 Å². The summed E-state index contributed by atoms with van der Waals surface area (Å²) < 4.78 is 0. The zero-order valence-electron chi connectivity index (χ0n) is 13.4. The van der Waals surface area contributed by atoms with E-state index in [1.165, 1.54) is 28.5 Å². The maximum atomic E-state index is 12.3. The molecule has 0 radical (unpaired) electrons. The Morgan fingerprint density at radius 2 is 2.08 bits per heavy atom. The SMILES string of the molecule is CC1=C(CCl)CCCc2ccc(NC(=O)c3ccc(Cl)cn3)cc21. The molecule has 0 unspecified atom stereocenters. The average molecular weight is 361 g/mol. The molecule has 0 spiro atoms. The van der Waals surface area contributed by atoms with E-state index >= 15 is 0 Å². The predicted molar refractivity (Wildman–Crippen MR) is 99.9 cm³/mol. The van der Waals surface area contributed by atoms with E-state index in [9.17, 15) is 4.79 Å². The first-order valence-electron chi connectivity index (χ1n) is 7.89. The van der Waals surface area contributed by atoms with E-state index in [2.05, 4.69) is 23.3 Å². The summed E-state index contributed by atoms with van der Waals surface area (Å²) in [5, 5.41) is 3.41. The highest BCUT2D eigenvalue weighted by Gasteiger charge is 2.15. The van der Waals surface area contributed by atoms with E-state index in [0.717, 1.165) is 24.9 Å². The lowest BCUT2D eigenvalue weighted by atomic mass is 9.97. The largest absolute Gasteiger partial charge is 0.321 e. The fourth-order valence-electron chi connectivity index (χ4n) is 2.96. The first kappa shape index (κ1) is 17.0. The number of alkyl halides is 1. The fourth-order valence-corrected chi connectivity index (χ4v) is 3.41. The molecule has 0 atom stereocenters. The normalized spacial score (nSPS) is 14.1. The van der Waals surface area contributed by atoms with Gasteiger partial charge in [0.2, 0.25) is 0 Å². The Morgan fingerprint density at radius 1 is 1.25 bits per heavy atom. The van der Waals surface area contributed by atoms with Gasteiger partial charge in [-0.25, -0.2) is 4.98 Å². The number of aryl methyl sites for hydroxylation is 1. The Hall–Kier alpha value is -1.84. The smallest absolute Gasteiger partial charge is 0.274 e. The van der Waals surface area contributed by atoms with Gasteiger partial charge in [0.05, 0.1) is 5.02 Å². The van der Waals surface area contributed by atoms with Crippen molar-refractivity contribution in [3.05, 3.63) is 63.9 Å². The van der Waals surface area contributed by atoms with Gasteiger partial charge in [-0.2, -0.15) is 0 Å². The molecule has 1 aliphatic rings. The molecule has 5 heteroatoms. The summed E-state index contributed by atoms with van der Waals surface area (Å²) in [7, 11) is 0. The molecule has 1 heterocycles. The number of hydrogen-bond donors (Lipinski definition) is 1. The highest BCUT2D eigenvalue weighted by Crippen LogP contribution is 2.32. The van der Waals surface area contributed by atoms with Crippen LogP contribution in [0.15, 0.2) is 42.1 Å². The average Bonchev–Trinajstić information content (AvgIpc) is 2.74. The number of carbonyl (C=O) groups excluding carboxylic acids is 1. The Labute approximate surface area is 151 Å². The summed E-state index contributed by atoms with van der Waals surface area (Å²) in [5.41, 5.74) is 6.06. The lowest BCUT2D eigenvalue weighted by Crippen LogP contribution is -2.13. The third-order valence-electron chi connectivity index (χ3n) is 4.35. The van der Waals surface area contributed by atoms with E-state index in [1.54, 1.807) is 12.1 Å². The van der Waals surface area contributed by atoms with Crippen LogP contribution in [0.1, 0.15) is 41.4 Å². The van der Waals surface area contributed by atoms with Crippen LogP contribution in [-0.2, 0) is 6.42 Å². The monoisotopic (exact) mass is 360 g/mol. The molecule has 1 aromatic carbocycles. The van der Waals surface area contributed by atoms with Gasteiger partial charge in [-0.1, -0.05) is 23.2 Å². The molecule has 1 aromatic heterocycles. The topological polar surface area (TPSA) is 42.0 Å². The summed E-state index contributed by atoms with van der Waals surface area (Å²) in [6, 6.07) is 9.31. The molecule has 2 aromatic rings. The maximum absolute atomic E-state index is 12.3. The number of nitrogens with one attached hydrogen (secondary N) is 1. The Bertz CT molecular complexity index is 798. The summed E-state index contributed by atoms with van der Waals surface area (Å²) in [6.07, 6.45) is 4.63. The molecule has 24 heavy (non-hydrogen) atoms. The van der Waals surface area contributed by atoms with E-state index in [1.807, 2.05) is 12.1 Å². The van der Waals surface area contributed by atoms with Crippen LogP contribution in [0.5, 0.6) is 0 Å². The highest BCUT2D eigenvalue weighted by molar-refractivity contribution is 6.30. The minimum absolute atomic E-state index is 0.251. The van der Waals surface area contributed by atoms with Crippen molar-refractivity contribution in [1.82, 2.24) is 4.98 Å². The summed E-state index contributed by atoms with van der Waals surface area (Å²) in [5.74, 6) is 0.302. The fraction of sp³-hybridized carbons (Fsp3) is 0.263. The van der Waals surface area contributed by atoms with Gasteiger partial charge in [0.15, 0.2) is 0 Å². The number of fused-ring (bicyclic) bond motifs is 1. The van der Waals surface area contributed by atoms with E-state index in [-0.39, 0.29) is 5.91 Å². The third kappa shape index (κ3) is 3.63. The first-order chi connectivity index (χ1) is 11.6. The van der Waals surface area contributed by atoms with Crippen molar-refractivity contribution in [3.63, 3.8) is 0 Å². The molecule has 3 nitrogen and oxygen atoms in total. The van der Waals surface area contributed by atoms with Crippen LogP contribution in [-0.4, -0.2) is 16.8 Å². The summed E-state index contributed by atoms with van der Waals surface area (Å²) in [4.78, 5) is 16.4. The molecule has 0 aliphatic heterocycles. The molecular formula is C19H18Cl2N2O. The maximum Gasteiger partial charge on any atom is 0.274 e. The lowest BCUT2D eigenvalue weighted by molar-refractivity contribution is 0.102. The second-order valence-electron chi connectivity index (χ2n) is 5.90. The number of pyridine rings is 1. The van der Waals surface area contributed by atoms with Gasteiger partial charge < -0.3 is 5.32 Å². The first-order valence-corrected chi connectivity index (χ1v) is 8.80. The minimum Gasteiger partial charge on any atom is -0.321 e. The van der Waals surface area contributed by atoms with Crippen molar-refractivity contribution in [1.29, 1.82) is 0 Å². The van der Waals surface area contributed by atoms with Gasteiger partial charge in [-0.05, 0) is 67.2 Å². The van der Waals surface area contributed by atoms with Gasteiger partial charge in [0.25, 0.3) is 5.91 Å². The molecule has 3 rings (SSSR count). The molecule has 1 N–H and O–H groups in total. The van der Waals surface area contributed by atoms with Crippen LogP contribution in [0.4, 0.5) is 5.69 Å². The van der Waals surface area contributed by atoms with Crippen LogP contribution >= 0.6 is 23.2 Å². The Kier molecular flexibility index (Phi) is 5.22. The minimum atomic E-state index is -0.251. The van der Waals surface area contributed by atoms with Crippen molar-refractivity contribution in [2.75, 3.05) is 11.2 Å². The molecule has 1 amide bonds. The third-order valence-corrected chi connectivity index (χ3v) is 4.89. The highest BCUT2D eigenvalue weighted by atomic mass is 35.5. The zero-order chi connectivity index (χ0) is 17.1. The second kappa shape index (κ2) is 7.37. The molecule has 0 saturated heterocycles. The Morgan fingerprint density at radius 3 is 2.79 bits per heavy atom. The van der Waals surface area contributed by atoms with Crippen molar-refractivity contribution < 1.29 is 4.79 Å². The number of allylic oxidation sites excluding steroid dienone is 2. The molecule has 0 fully saturated rings. The number of aromatic nitrogens is 1.